The molecule has 9 nitrogen and oxygen atoms in total. The summed E-state index contributed by atoms with van der Waals surface area (Å²) in [6.45, 7) is 2.31. The highest BCUT2D eigenvalue weighted by Crippen LogP contribution is 2.28. The highest BCUT2D eigenvalue weighted by molar-refractivity contribution is 5.90. The summed E-state index contributed by atoms with van der Waals surface area (Å²) in [6.07, 6.45) is 1.15. The second kappa shape index (κ2) is 9.72. The number of aromatic nitrogens is 1. The number of fused-ring (bicyclic) bond motifs is 1. The van der Waals surface area contributed by atoms with Gasteiger partial charge in [-0.1, -0.05) is 0 Å². The molecular formula is C23H28FN5O4. The minimum absolute atomic E-state index is 0.174. The molecule has 176 valence electrons. The van der Waals surface area contributed by atoms with E-state index in [1.807, 2.05) is 0 Å². The number of halogens is 1. The van der Waals surface area contributed by atoms with Crippen molar-refractivity contribution in [3.05, 3.63) is 53.6 Å². The van der Waals surface area contributed by atoms with Crippen LogP contribution in [0.25, 0.3) is 0 Å². The number of piperidine rings is 1. The smallest absolute Gasteiger partial charge is 0.255 e. The van der Waals surface area contributed by atoms with Crippen LogP contribution in [-0.2, 0) is 22.7 Å². The predicted molar refractivity (Wildman–Crippen MR) is 119 cm³/mol. The number of carbonyl (C=O) groups is 2. The van der Waals surface area contributed by atoms with Crippen molar-refractivity contribution in [2.24, 2.45) is 5.92 Å². The molecule has 1 fully saturated rings. The maximum Gasteiger partial charge on any atom is 0.255 e. The van der Waals surface area contributed by atoms with Crippen molar-refractivity contribution in [3.63, 3.8) is 0 Å². The maximum atomic E-state index is 13.3. The topological polar surface area (TPSA) is 132 Å². The van der Waals surface area contributed by atoms with Crippen molar-refractivity contribution in [2.75, 3.05) is 30.3 Å². The molecule has 3 heterocycles. The van der Waals surface area contributed by atoms with E-state index in [0.29, 0.717) is 31.9 Å². The first kappa shape index (κ1) is 22.9. The largest absolute Gasteiger partial charge is 0.397 e. The monoisotopic (exact) mass is 457 g/mol. The van der Waals surface area contributed by atoms with Crippen LogP contribution in [0, 0.1) is 11.7 Å². The molecule has 0 unspecified atom stereocenters. The van der Waals surface area contributed by atoms with E-state index in [2.05, 4.69) is 15.2 Å². The Morgan fingerprint density at radius 2 is 1.88 bits per heavy atom. The van der Waals surface area contributed by atoms with Crippen LogP contribution in [-0.4, -0.2) is 63.8 Å². The number of pyridine rings is 1. The van der Waals surface area contributed by atoms with E-state index < -0.39 is 24.0 Å². The Hall–Kier alpha value is -3.24. The molecule has 0 radical (unpaired) electrons. The van der Waals surface area contributed by atoms with E-state index in [1.54, 1.807) is 24.5 Å². The van der Waals surface area contributed by atoms with Gasteiger partial charge < -0.3 is 31.1 Å². The maximum absolute atomic E-state index is 13.3. The van der Waals surface area contributed by atoms with Gasteiger partial charge in [-0.05, 0) is 54.2 Å². The van der Waals surface area contributed by atoms with Crippen molar-refractivity contribution in [1.29, 1.82) is 0 Å². The lowest BCUT2D eigenvalue weighted by Gasteiger charge is -2.34. The summed E-state index contributed by atoms with van der Waals surface area (Å²) in [6, 6.07) is 6.14. The van der Waals surface area contributed by atoms with Crippen molar-refractivity contribution in [2.45, 2.75) is 38.1 Å². The Balaban J connectivity index is 1.23. The van der Waals surface area contributed by atoms with Gasteiger partial charge in [0, 0.05) is 45.1 Å². The highest BCUT2D eigenvalue weighted by Gasteiger charge is 2.35. The van der Waals surface area contributed by atoms with Crippen molar-refractivity contribution >= 4 is 23.2 Å². The molecule has 1 aromatic heterocycles. The van der Waals surface area contributed by atoms with E-state index in [-0.39, 0.29) is 18.3 Å². The van der Waals surface area contributed by atoms with Crippen LogP contribution in [0.15, 0.2) is 36.7 Å². The zero-order valence-corrected chi connectivity index (χ0v) is 18.2. The number of hydrogen-bond donors (Lipinski definition) is 4. The average molecular weight is 458 g/mol. The molecule has 0 bridgehead atoms. The number of anilines is 2. The summed E-state index contributed by atoms with van der Waals surface area (Å²) >= 11 is 0. The van der Waals surface area contributed by atoms with Gasteiger partial charge in [0.1, 0.15) is 5.82 Å². The van der Waals surface area contributed by atoms with E-state index in [4.69, 9.17) is 5.73 Å². The third-order valence-electron chi connectivity index (χ3n) is 6.37. The van der Waals surface area contributed by atoms with E-state index in [1.165, 1.54) is 17.0 Å². The molecule has 2 aromatic rings. The lowest BCUT2D eigenvalue weighted by molar-refractivity contribution is -0.153. The number of aliphatic hydroxyl groups excluding tert-OH is 2. The Morgan fingerprint density at radius 3 is 2.58 bits per heavy atom. The summed E-state index contributed by atoms with van der Waals surface area (Å²) in [4.78, 5) is 32.4. The lowest BCUT2D eigenvalue weighted by Crippen LogP contribution is -2.50. The van der Waals surface area contributed by atoms with Gasteiger partial charge in [0.25, 0.3) is 11.8 Å². The molecule has 2 amide bonds. The second-order valence-electron chi connectivity index (χ2n) is 8.61. The SMILES string of the molecule is Nc1cc(F)ccc1N1CCC(CNC(=O)[C@H](O)[C@@H](O)C(=O)N2Cc3ccncc3C2)CC1. The summed E-state index contributed by atoms with van der Waals surface area (Å²) in [7, 11) is 0. The quantitative estimate of drug-likeness (QED) is 0.462. The zero-order chi connectivity index (χ0) is 23.5. The number of nitrogens with two attached hydrogens (primary N) is 1. The first-order valence-electron chi connectivity index (χ1n) is 11.0. The van der Waals surface area contributed by atoms with Crippen LogP contribution in [0.5, 0.6) is 0 Å². The zero-order valence-electron chi connectivity index (χ0n) is 18.2. The number of nitrogen functional groups attached to an aromatic ring is 1. The van der Waals surface area contributed by atoms with Gasteiger partial charge in [-0.2, -0.15) is 0 Å². The molecule has 10 heteroatoms. The highest BCUT2D eigenvalue weighted by atomic mass is 19.1. The molecule has 0 aliphatic carbocycles. The van der Waals surface area contributed by atoms with Gasteiger partial charge in [0.15, 0.2) is 12.2 Å². The molecule has 2 aliphatic rings. The minimum atomic E-state index is -1.85. The Morgan fingerprint density at radius 1 is 1.15 bits per heavy atom. The molecule has 5 N–H and O–H groups in total. The van der Waals surface area contributed by atoms with E-state index in [9.17, 15) is 24.2 Å². The van der Waals surface area contributed by atoms with Crippen LogP contribution >= 0.6 is 0 Å². The van der Waals surface area contributed by atoms with Crippen LogP contribution in [0.3, 0.4) is 0 Å². The molecule has 0 saturated carbocycles. The number of hydrogen-bond acceptors (Lipinski definition) is 7. The number of aliphatic hydroxyl groups is 2. The molecule has 1 aromatic carbocycles. The third kappa shape index (κ3) is 5.07. The minimum Gasteiger partial charge on any atom is -0.397 e. The fourth-order valence-corrected chi connectivity index (χ4v) is 4.38. The number of rotatable bonds is 6. The summed E-state index contributed by atoms with van der Waals surface area (Å²) in [5.41, 5.74) is 8.90. The normalized spacial score (nSPS) is 18.0. The van der Waals surface area contributed by atoms with Gasteiger partial charge >= 0.3 is 0 Å². The van der Waals surface area contributed by atoms with Crippen molar-refractivity contribution in [1.82, 2.24) is 15.2 Å². The van der Waals surface area contributed by atoms with Crippen molar-refractivity contribution < 1.29 is 24.2 Å². The lowest BCUT2D eigenvalue weighted by atomic mass is 9.96. The van der Waals surface area contributed by atoms with Gasteiger partial charge in [0.2, 0.25) is 0 Å². The standard InChI is InChI=1S/C23H28FN5O4/c24-17-1-2-19(18(25)9-17)28-7-4-14(5-8-28)10-27-22(32)20(30)21(31)23(33)29-12-15-3-6-26-11-16(15)13-29/h1-3,6,9,11,14,20-21,30-31H,4-5,7-8,10,12-13,25H2,(H,27,32)/t20-,21-/m1/s1. The van der Waals surface area contributed by atoms with Gasteiger partial charge in [0.05, 0.1) is 11.4 Å². The number of nitrogens with zero attached hydrogens (tertiary/aromatic N) is 3. The molecule has 2 aliphatic heterocycles. The second-order valence-corrected chi connectivity index (χ2v) is 8.61. The fourth-order valence-electron chi connectivity index (χ4n) is 4.38. The number of nitrogens with one attached hydrogen (secondary N) is 1. The molecule has 1 saturated heterocycles. The van der Waals surface area contributed by atoms with Gasteiger partial charge in [-0.15, -0.1) is 0 Å². The molecule has 33 heavy (non-hydrogen) atoms. The number of carbonyl (C=O) groups excluding carboxylic acids is 2. The fraction of sp³-hybridized carbons (Fsp3) is 0.435. The molecule has 4 rings (SSSR count). The van der Waals surface area contributed by atoms with Crippen molar-refractivity contribution in [3.8, 4) is 0 Å². The predicted octanol–water partition coefficient (Wildman–Crippen LogP) is 0.400. The first-order valence-corrected chi connectivity index (χ1v) is 11.0. The van der Waals surface area contributed by atoms with E-state index in [0.717, 1.165) is 29.7 Å². The van der Waals surface area contributed by atoms with Crippen LogP contribution in [0.1, 0.15) is 24.0 Å². The van der Waals surface area contributed by atoms with E-state index >= 15 is 0 Å². The summed E-state index contributed by atoms with van der Waals surface area (Å²) in [5.74, 6) is -1.68. The summed E-state index contributed by atoms with van der Waals surface area (Å²) in [5, 5.41) is 23.2. The Bertz CT molecular complexity index is 1000. The Kier molecular flexibility index (Phi) is 6.75. The molecule has 2 atom stereocenters. The molecular weight excluding hydrogens is 429 g/mol. The average Bonchev–Trinajstić information content (AvgIpc) is 3.26. The number of benzene rings is 1. The van der Waals surface area contributed by atoms with Gasteiger partial charge in [-0.3, -0.25) is 14.6 Å². The Labute approximate surface area is 191 Å². The van der Waals surface area contributed by atoms with Crippen LogP contribution < -0.4 is 16.0 Å². The van der Waals surface area contributed by atoms with Gasteiger partial charge in [-0.25, -0.2) is 4.39 Å². The van der Waals surface area contributed by atoms with Crippen LogP contribution in [0.4, 0.5) is 15.8 Å². The first-order chi connectivity index (χ1) is 15.8. The third-order valence-corrected chi connectivity index (χ3v) is 6.37. The van der Waals surface area contributed by atoms with Crippen LogP contribution in [0.2, 0.25) is 0 Å². The number of amides is 2. The summed E-state index contributed by atoms with van der Waals surface area (Å²) < 4.78 is 13.3. The molecule has 0 spiro atoms.